The number of furan rings is 1. The van der Waals surface area contributed by atoms with E-state index in [9.17, 15) is 0 Å². The first kappa shape index (κ1) is 21.2. The molecule has 0 radical (unpaired) electrons. The van der Waals surface area contributed by atoms with Gasteiger partial charge < -0.3 is 8.98 Å². The summed E-state index contributed by atoms with van der Waals surface area (Å²) >= 11 is 3.69. The van der Waals surface area contributed by atoms with Crippen molar-refractivity contribution in [3.05, 3.63) is 115 Å². The van der Waals surface area contributed by atoms with Crippen LogP contribution in [0.3, 0.4) is 0 Å². The molecule has 4 aromatic heterocycles. The predicted octanol–water partition coefficient (Wildman–Crippen LogP) is 11.4. The zero-order valence-electron chi connectivity index (χ0n) is 21.1. The highest BCUT2D eigenvalue weighted by Gasteiger charge is 2.21. The highest BCUT2D eigenvalue weighted by Crippen LogP contribution is 2.45. The largest absolute Gasteiger partial charge is 0.455 e. The average molecular weight is 546 g/mol. The molecule has 0 aliphatic rings. The van der Waals surface area contributed by atoms with E-state index >= 15 is 0 Å². The van der Waals surface area contributed by atoms with Gasteiger partial charge in [-0.15, -0.1) is 22.7 Å². The number of nitrogens with zero attached hydrogens (tertiary/aromatic N) is 1. The molecule has 2 nitrogen and oxygen atoms in total. The Morgan fingerprint density at radius 1 is 0.425 bits per heavy atom. The summed E-state index contributed by atoms with van der Waals surface area (Å²) in [7, 11) is 0. The topological polar surface area (TPSA) is 18.1 Å². The zero-order valence-corrected chi connectivity index (χ0v) is 22.8. The fourth-order valence-electron chi connectivity index (χ4n) is 6.68. The minimum absolute atomic E-state index is 0.965. The molecule has 0 fully saturated rings. The number of para-hydroxylation sites is 1. The molecule has 40 heavy (non-hydrogen) atoms. The lowest BCUT2D eigenvalue weighted by Crippen LogP contribution is -1.93. The molecule has 0 bridgehead atoms. The van der Waals surface area contributed by atoms with Gasteiger partial charge >= 0.3 is 0 Å². The van der Waals surface area contributed by atoms with Crippen LogP contribution in [0, 0.1) is 0 Å². The maximum absolute atomic E-state index is 6.91. The summed E-state index contributed by atoms with van der Waals surface area (Å²) in [6.07, 6.45) is 0. The smallest absolute Gasteiger partial charge is 0.145 e. The van der Waals surface area contributed by atoms with Crippen molar-refractivity contribution >= 4 is 107 Å². The second-order valence-electron chi connectivity index (χ2n) is 10.5. The van der Waals surface area contributed by atoms with Crippen LogP contribution in [0.25, 0.3) is 89.8 Å². The molecule has 0 aliphatic carbocycles. The molecule has 4 heterocycles. The number of hydrogen-bond donors (Lipinski definition) is 0. The van der Waals surface area contributed by atoms with Crippen molar-refractivity contribution in [2.45, 2.75) is 0 Å². The van der Waals surface area contributed by atoms with Crippen LogP contribution in [0.4, 0.5) is 0 Å². The Kier molecular flexibility index (Phi) is 3.98. The third-order valence-electron chi connectivity index (χ3n) is 8.40. The molecule has 186 valence electrons. The number of rotatable bonds is 1. The Morgan fingerprint density at radius 2 is 1.05 bits per heavy atom. The van der Waals surface area contributed by atoms with Crippen LogP contribution >= 0.6 is 22.7 Å². The maximum Gasteiger partial charge on any atom is 0.145 e. The Balaban J connectivity index is 1.35. The van der Waals surface area contributed by atoms with Gasteiger partial charge in [0.1, 0.15) is 11.2 Å². The molecule has 10 aromatic rings. The van der Waals surface area contributed by atoms with Gasteiger partial charge in [0, 0.05) is 62.2 Å². The van der Waals surface area contributed by atoms with Crippen LogP contribution in [0.15, 0.2) is 120 Å². The number of hydrogen-bond acceptors (Lipinski definition) is 3. The number of aromatic nitrogens is 1. The predicted molar refractivity (Wildman–Crippen MR) is 174 cm³/mol. The van der Waals surface area contributed by atoms with Gasteiger partial charge in [-0.25, -0.2) is 0 Å². The monoisotopic (exact) mass is 545 g/mol. The quantitative estimate of drug-likeness (QED) is 0.201. The first-order valence-electron chi connectivity index (χ1n) is 13.4. The molecule has 0 N–H and O–H groups in total. The van der Waals surface area contributed by atoms with Crippen molar-refractivity contribution in [1.29, 1.82) is 0 Å². The summed E-state index contributed by atoms with van der Waals surface area (Å²) in [6, 6.07) is 42.0. The van der Waals surface area contributed by atoms with Crippen LogP contribution in [-0.2, 0) is 0 Å². The van der Waals surface area contributed by atoms with Crippen LogP contribution in [-0.4, -0.2) is 4.57 Å². The first-order chi connectivity index (χ1) is 19.8. The maximum atomic E-state index is 6.91. The van der Waals surface area contributed by atoms with E-state index in [0.717, 1.165) is 16.7 Å². The molecule has 0 saturated heterocycles. The van der Waals surface area contributed by atoms with Crippen molar-refractivity contribution in [2.24, 2.45) is 0 Å². The van der Waals surface area contributed by atoms with Gasteiger partial charge in [0.2, 0.25) is 0 Å². The fourth-order valence-corrected chi connectivity index (χ4v) is 8.87. The first-order valence-corrected chi connectivity index (χ1v) is 15.1. The summed E-state index contributed by atoms with van der Waals surface area (Å²) in [5.41, 5.74) is 5.48. The Bertz CT molecular complexity index is 2660. The van der Waals surface area contributed by atoms with Crippen molar-refractivity contribution < 1.29 is 4.42 Å². The summed E-state index contributed by atoms with van der Waals surface area (Å²) in [6.45, 7) is 0. The van der Waals surface area contributed by atoms with E-state index in [0.29, 0.717) is 0 Å². The van der Waals surface area contributed by atoms with Crippen LogP contribution in [0.5, 0.6) is 0 Å². The molecule has 0 amide bonds. The van der Waals surface area contributed by atoms with E-state index < -0.39 is 0 Å². The zero-order chi connectivity index (χ0) is 25.9. The molecule has 4 heteroatoms. The molecule has 0 aliphatic heterocycles. The molecule has 0 atom stereocenters. The van der Waals surface area contributed by atoms with E-state index in [1.165, 1.54) is 73.1 Å². The lowest BCUT2D eigenvalue weighted by atomic mass is 10.1. The van der Waals surface area contributed by atoms with Gasteiger partial charge in [-0.2, -0.15) is 0 Å². The van der Waals surface area contributed by atoms with Gasteiger partial charge in [0.05, 0.1) is 16.4 Å². The molecule has 6 aromatic carbocycles. The standard InChI is InChI=1S/C36H19NOS2/c1-4-10-27-24(8-1)33-28(37(27)20-13-17-31-26(19-20)21-7-2-5-11-29(21)39-31)16-14-22-23-15-18-32-34(36(23)38-35(22)33)25-9-3-6-12-30(25)40-32/h1-19H. The molecule has 0 unspecified atom stereocenters. The van der Waals surface area contributed by atoms with Gasteiger partial charge in [0.15, 0.2) is 0 Å². The third kappa shape index (κ3) is 2.63. The summed E-state index contributed by atoms with van der Waals surface area (Å²) in [5, 5.41) is 9.84. The highest BCUT2D eigenvalue weighted by atomic mass is 32.1. The summed E-state index contributed by atoms with van der Waals surface area (Å²) in [5.74, 6) is 0. The normalized spacial score (nSPS) is 12.5. The molecule has 0 saturated carbocycles. The van der Waals surface area contributed by atoms with E-state index in [4.69, 9.17) is 4.42 Å². The van der Waals surface area contributed by atoms with Crippen molar-refractivity contribution in [2.75, 3.05) is 0 Å². The van der Waals surface area contributed by atoms with E-state index in [2.05, 4.69) is 120 Å². The third-order valence-corrected chi connectivity index (χ3v) is 10.7. The SMILES string of the molecule is c1ccc2c(c1)sc1ccc(-n3c4ccccc4c4c5oc6c(ccc7sc8ccccc8c76)c5ccc43)cc12. The van der Waals surface area contributed by atoms with Gasteiger partial charge in [-0.3, -0.25) is 0 Å². The minimum atomic E-state index is 0.965. The van der Waals surface area contributed by atoms with Crippen LogP contribution in [0.1, 0.15) is 0 Å². The number of benzene rings is 6. The van der Waals surface area contributed by atoms with Crippen LogP contribution in [0.2, 0.25) is 0 Å². The molecular weight excluding hydrogens is 527 g/mol. The summed E-state index contributed by atoms with van der Waals surface area (Å²) in [4.78, 5) is 0. The molecule has 10 rings (SSSR count). The van der Waals surface area contributed by atoms with Crippen molar-refractivity contribution in [3.8, 4) is 5.69 Å². The fraction of sp³-hybridized carbons (Fsp3) is 0. The second kappa shape index (κ2) is 7.51. The Hall–Kier alpha value is -4.64. The van der Waals surface area contributed by atoms with Crippen molar-refractivity contribution in [1.82, 2.24) is 4.57 Å². The van der Waals surface area contributed by atoms with E-state index in [-0.39, 0.29) is 0 Å². The lowest BCUT2D eigenvalue weighted by Gasteiger charge is -2.08. The van der Waals surface area contributed by atoms with E-state index in [1.54, 1.807) is 0 Å². The average Bonchev–Trinajstić information content (AvgIpc) is 3.74. The number of fused-ring (bicyclic) bond motifs is 14. The van der Waals surface area contributed by atoms with E-state index in [1.807, 2.05) is 22.7 Å². The molecule has 0 spiro atoms. The minimum Gasteiger partial charge on any atom is -0.455 e. The second-order valence-corrected chi connectivity index (χ2v) is 12.7. The Labute approximate surface area is 235 Å². The van der Waals surface area contributed by atoms with Gasteiger partial charge in [0.25, 0.3) is 0 Å². The summed E-state index contributed by atoms with van der Waals surface area (Å²) < 4.78 is 14.5. The lowest BCUT2D eigenvalue weighted by molar-refractivity contribution is 0.677. The highest BCUT2D eigenvalue weighted by molar-refractivity contribution is 7.26. The van der Waals surface area contributed by atoms with Gasteiger partial charge in [-0.1, -0.05) is 54.6 Å². The Morgan fingerprint density at radius 3 is 1.93 bits per heavy atom. The number of thiophene rings is 2. The van der Waals surface area contributed by atoms with Crippen molar-refractivity contribution in [3.63, 3.8) is 0 Å². The van der Waals surface area contributed by atoms with Gasteiger partial charge in [-0.05, 0) is 60.7 Å². The molecular formula is C36H19NOS2. The van der Waals surface area contributed by atoms with Crippen LogP contribution < -0.4 is 0 Å².